The molecule has 1 aliphatic carbocycles. The number of carbonyl (C=O) groups is 2. The van der Waals surface area contributed by atoms with Crippen LogP contribution in [-0.2, 0) is 16.0 Å². The van der Waals surface area contributed by atoms with E-state index >= 15 is 0 Å². The van der Waals surface area contributed by atoms with Gasteiger partial charge in [-0.25, -0.2) is 4.79 Å². The summed E-state index contributed by atoms with van der Waals surface area (Å²) in [5.74, 6) is -2.59. The highest BCUT2D eigenvalue weighted by Crippen LogP contribution is 2.30. The van der Waals surface area contributed by atoms with Crippen LogP contribution in [0.5, 0.6) is 0 Å². The third-order valence-corrected chi connectivity index (χ3v) is 4.07. The molecule has 0 aromatic heterocycles. The molecule has 2 atom stereocenters. The highest BCUT2D eigenvalue weighted by Gasteiger charge is 2.38. The van der Waals surface area contributed by atoms with E-state index in [2.05, 4.69) is 34.9 Å². The third kappa shape index (κ3) is 4.70. The number of halogens is 3. The van der Waals surface area contributed by atoms with E-state index in [9.17, 15) is 18.0 Å². The first-order valence-corrected chi connectivity index (χ1v) is 7.70. The van der Waals surface area contributed by atoms with Crippen LogP contribution in [0.4, 0.5) is 13.2 Å². The van der Waals surface area contributed by atoms with Gasteiger partial charge in [-0.05, 0) is 43.4 Å². The normalized spacial score (nSPS) is 22.3. The smallest absolute Gasteiger partial charge is 0.475 e. The quantitative estimate of drug-likeness (QED) is 0.768. The van der Waals surface area contributed by atoms with Crippen molar-refractivity contribution < 1.29 is 27.9 Å². The summed E-state index contributed by atoms with van der Waals surface area (Å²) in [5.41, 5.74) is 2.69. The fourth-order valence-corrected chi connectivity index (χ4v) is 2.89. The minimum Gasteiger partial charge on any atom is -0.475 e. The molecule has 8 heteroatoms. The summed E-state index contributed by atoms with van der Waals surface area (Å²) in [7, 11) is 0. The van der Waals surface area contributed by atoms with Gasteiger partial charge in [0.25, 0.3) is 0 Å². The maximum Gasteiger partial charge on any atom is 0.490 e. The Hall–Kier alpha value is -2.09. The average molecular weight is 344 g/mol. The van der Waals surface area contributed by atoms with Gasteiger partial charge in [0.1, 0.15) is 0 Å². The number of carboxylic acids is 1. The van der Waals surface area contributed by atoms with Crippen molar-refractivity contribution in [3.63, 3.8) is 0 Å². The summed E-state index contributed by atoms with van der Waals surface area (Å²) in [6.45, 7) is 0.972. The Balaban J connectivity index is 0.000000256. The highest BCUT2D eigenvalue weighted by atomic mass is 19.4. The van der Waals surface area contributed by atoms with Crippen molar-refractivity contribution in [2.24, 2.45) is 0 Å². The Labute approximate surface area is 137 Å². The van der Waals surface area contributed by atoms with E-state index in [4.69, 9.17) is 9.90 Å². The molecule has 132 valence electrons. The SMILES string of the molecule is O=C(NC1CCc2ccccc21)C1CCCN1.O=C(O)C(F)(F)F. The summed E-state index contributed by atoms with van der Waals surface area (Å²) in [6, 6.07) is 8.67. The molecule has 1 heterocycles. The van der Waals surface area contributed by atoms with Gasteiger partial charge in [0, 0.05) is 0 Å². The number of rotatable bonds is 2. The molecule has 0 radical (unpaired) electrons. The van der Waals surface area contributed by atoms with Gasteiger partial charge in [0.05, 0.1) is 12.1 Å². The van der Waals surface area contributed by atoms with Crippen molar-refractivity contribution in [3.8, 4) is 0 Å². The predicted molar refractivity (Wildman–Crippen MR) is 80.4 cm³/mol. The van der Waals surface area contributed by atoms with Gasteiger partial charge in [-0.3, -0.25) is 4.79 Å². The van der Waals surface area contributed by atoms with Gasteiger partial charge in [-0.15, -0.1) is 0 Å². The molecule has 1 aromatic carbocycles. The first-order valence-electron chi connectivity index (χ1n) is 7.70. The number of aliphatic carboxylic acids is 1. The van der Waals surface area contributed by atoms with E-state index in [1.807, 2.05) is 0 Å². The summed E-state index contributed by atoms with van der Waals surface area (Å²) < 4.78 is 31.7. The van der Waals surface area contributed by atoms with Crippen molar-refractivity contribution in [3.05, 3.63) is 35.4 Å². The molecule has 1 fully saturated rings. The molecule has 0 spiro atoms. The summed E-state index contributed by atoms with van der Waals surface area (Å²) >= 11 is 0. The van der Waals surface area contributed by atoms with E-state index < -0.39 is 12.1 Å². The first-order chi connectivity index (χ1) is 11.3. The van der Waals surface area contributed by atoms with Crippen LogP contribution in [0.1, 0.15) is 36.4 Å². The topological polar surface area (TPSA) is 78.4 Å². The molecule has 24 heavy (non-hydrogen) atoms. The lowest BCUT2D eigenvalue weighted by atomic mass is 10.1. The number of hydrogen-bond donors (Lipinski definition) is 3. The van der Waals surface area contributed by atoms with Gasteiger partial charge in [-0.2, -0.15) is 13.2 Å². The number of carbonyl (C=O) groups excluding carboxylic acids is 1. The fourth-order valence-electron chi connectivity index (χ4n) is 2.89. The zero-order chi connectivity index (χ0) is 17.7. The lowest BCUT2D eigenvalue weighted by molar-refractivity contribution is -0.192. The second-order valence-corrected chi connectivity index (χ2v) is 5.75. The molecule has 1 saturated heterocycles. The van der Waals surface area contributed by atoms with Gasteiger partial charge >= 0.3 is 12.1 Å². The highest BCUT2D eigenvalue weighted by molar-refractivity contribution is 5.82. The van der Waals surface area contributed by atoms with Crippen molar-refractivity contribution in [2.45, 2.75) is 43.9 Å². The minimum absolute atomic E-state index is 0.0303. The predicted octanol–water partition coefficient (Wildman–Crippen LogP) is 2.18. The Bertz CT molecular complexity index is 598. The minimum atomic E-state index is -5.08. The number of hydrogen-bond acceptors (Lipinski definition) is 3. The molecule has 0 saturated carbocycles. The molecule has 2 aliphatic rings. The van der Waals surface area contributed by atoms with E-state index in [1.54, 1.807) is 0 Å². The van der Waals surface area contributed by atoms with E-state index in [-0.39, 0.29) is 18.0 Å². The molecule has 1 aliphatic heterocycles. The Morgan fingerprint density at radius 1 is 1.21 bits per heavy atom. The molecule has 2 unspecified atom stereocenters. The average Bonchev–Trinajstić information content (AvgIpc) is 3.17. The third-order valence-electron chi connectivity index (χ3n) is 4.07. The molecule has 1 aromatic rings. The van der Waals surface area contributed by atoms with E-state index in [0.29, 0.717) is 0 Å². The van der Waals surface area contributed by atoms with Crippen LogP contribution < -0.4 is 10.6 Å². The number of alkyl halides is 3. The van der Waals surface area contributed by atoms with E-state index in [1.165, 1.54) is 11.1 Å². The summed E-state index contributed by atoms with van der Waals surface area (Å²) in [6.07, 6.45) is -0.878. The Morgan fingerprint density at radius 2 is 1.88 bits per heavy atom. The Morgan fingerprint density at radius 3 is 2.46 bits per heavy atom. The monoisotopic (exact) mass is 344 g/mol. The van der Waals surface area contributed by atoms with Crippen molar-refractivity contribution in [2.75, 3.05) is 6.54 Å². The molecule has 0 bridgehead atoms. The van der Waals surface area contributed by atoms with Gasteiger partial charge in [0.15, 0.2) is 0 Å². The van der Waals surface area contributed by atoms with Crippen LogP contribution in [-0.4, -0.2) is 35.7 Å². The van der Waals surface area contributed by atoms with Crippen LogP contribution in [0.15, 0.2) is 24.3 Å². The van der Waals surface area contributed by atoms with Crippen LogP contribution in [0.25, 0.3) is 0 Å². The van der Waals surface area contributed by atoms with Gasteiger partial charge in [-0.1, -0.05) is 24.3 Å². The molecule has 3 N–H and O–H groups in total. The van der Waals surface area contributed by atoms with E-state index in [0.717, 1.165) is 32.2 Å². The van der Waals surface area contributed by atoms with Crippen molar-refractivity contribution in [1.29, 1.82) is 0 Å². The largest absolute Gasteiger partial charge is 0.490 e. The molecule has 5 nitrogen and oxygen atoms in total. The molecule has 3 rings (SSSR count). The van der Waals surface area contributed by atoms with Crippen molar-refractivity contribution >= 4 is 11.9 Å². The van der Waals surface area contributed by atoms with Crippen LogP contribution in [0, 0.1) is 0 Å². The van der Waals surface area contributed by atoms with Gasteiger partial charge < -0.3 is 15.7 Å². The number of fused-ring (bicyclic) bond motifs is 1. The lowest BCUT2D eigenvalue weighted by Gasteiger charge is -2.17. The standard InChI is InChI=1S/C14H18N2O.C2HF3O2/c17-14(13-6-3-9-15-13)16-12-8-7-10-4-1-2-5-11(10)12;3-2(4,5)1(6)7/h1-2,4-5,12-13,15H,3,6-9H2,(H,16,17);(H,6,7). The van der Waals surface area contributed by atoms with Crippen LogP contribution in [0.2, 0.25) is 0 Å². The zero-order valence-electron chi connectivity index (χ0n) is 12.9. The fraction of sp³-hybridized carbons (Fsp3) is 0.500. The molecule has 1 amide bonds. The zero-order valence-corrected chi connectivity index (χ0v) is 12.9. The summed E-state index contributed by atoms with van der Waals surface area (Å²) in [4.78, 5) is 20.9. The lowest BCUT2D eigenvalue weighted by Crippen LogP contribution is -2.41. The second-order valence-electron chi connectivity index (χ2n) is 5.75. The number of carboxylic acid groups (broad SMARTS) is 1. The summed E-state index contributed by atoms with van der Waals surface area (Å²) in [5, 5.41) is 13.5. The number of benzene rings is 1. The van der Waals surface area contributed by atoms with Crippen molar-refractivity contribution in [1.82, 2.24) is 10.6 Å². The van der Waals surface area contributed by atoms with Crippen LogP contribution in [0.3, 0.4) is 0 Å². The molecular formula is C16H19F3N2O3. The maximum absolute atomic E-state index is 12.0. The molecular weight excluding hydrogens is 325 g/mol. The Kier molecular flexibility index (Phi) is 5.82. The maximum atomic E-state index is 12.0. The number of amides is 1. The first kappa shape index (κ1) is 18.3. The number of nitrogens with one attached hydrogen (secondary N) is 2. The van der Waals surface area contributed by atoms with Gasteiger partial charge in [0.2, 0.25) is 5.91 Å². The van der Waals surface area contributed by atoms with Crippen LogP contribution >= 0.6 is 0 Å². The second kappa shape index (κ2) is 7.65. The number of aryl methyl sites for hydroxylation is 1.